The van der Waals surface area contributed by atoms with Crippen LogP contribution in [0.25, 0.3) is 0 Å². The van der Waals surface area contributed by atoms with Crippen molar-refractivity contribution in [3.8, 4) is 6.07 Å². The number of benzene rings is 1. The zero-order chi connectivity index (χ0) is 12.0. The quantitative estimate of drug-likeness (QED) is 0.775. The molecule has 4 heteroatoms. The van der Waals surface area contributed by atoms with Crippen LogP contribution < -0.4 is 0 Å². The van der Waals surface area contributed by atoms with Gasteiger partial charge in [-0.05, 0) is 18.1 Å². The number of carbonyl (C=O) groups excluding carboxylic acids is 1. The highest BCUT2D eigenvalue weighted by atomic mass is 19.1. The molecule has 84 valence electrons. The Labute approximate surface area is 94.1 Å². The molecule has 0 heterocycles. The molecular weight excluding hydrogens is 207 g/mol. The van der Waals surface area contributed by atoms with Gasteiger partial charge in [0.15, 0.2) is 0 Å². The number of hydrogen-bond acceptors (Lipinski definition) is 2. The first kappa shape index (κ1) is 12.2. The first-order chi connectivity index (χ1) is 7.65. The third kappa shape index (κ3) is 3.35. The highest BCUT2D eigenvalue weighted by molar-refractivity contribution is 5.77. The maximum atomic E-state index is 13.2. The molecule has 0 aliphatic heterocycles. The molecule has 0 spiro atoms. The molecular formula is C12H13FN2O. The van der Waals surface area contributed by atoms with E-state index in [4.69, 9.17) is 5.26 Å². The predicted octanol–water partition coefficient (Wildman–Crippen LogP) is 1.74. The van der Waals surface area contributed by atoms with Crippen LogP contribution in [0, 0.1) is 17.1 Å². The molecule has 1 rings (SSSR count). The molecule has 0 saturated carbocycles. The monoisotopic (exact) mass is 220 g/mol. The Bertz CT molecular complexity index is 412. The summed E-state index contributed by atoms with van der Waals surface area (Å²) in [7, 11) is 1.61. The fourth-order valence-electron chi connectivity index (χ4n) is 1.32. The number of nitrogens with zero attached hydrogens (tertiary/aromatic N) is 2. The van der Waals surface area contributed by atoms with Crippen molar-refractivity contribution in [2.45, 2.75) is 12.8 Å². The molecule has 0 aliphatic carbocycles. The summed E-state index contributed by atoms with van der Waals surface area (Å²) >= 11 is 0. The molecule has 0 unspecified atom stereocenters. The second-order valence-electron chi connectivity index (χ2n) is 3.49. The second kappa shape index (κ2) is 5.86. The Balaban J connectivity index is 2.49. The summed E-state index contributed by atoms with van der Waals surface area (Å²) in [6, 6.07) is 8.27. The molecule has 0 atom stereocenters. The SMILES string of the molecule is CN(CCc1ccccc1F)C(=O)CC#N. The standard InChI is InChI=1S/C12H13FN2O/c1-15(12(16)6-8-14)9-7-10-4-2-3-5-11(10)13/h2-5H,6-7,9H2,1H3. The molecule has 1 aromatic rings. The van der Waals surface area contributed by atoms with Crippen LogP contribution in [0.4, 0.5) is 4.39 Å². The third-order valence-corrected chi connectivity index (χ3v) is 2.33. The molecule has 1 amide bonds. The lowest BCUT2D eigenvalue weighted by molar-refractivity contribution is -0.128. The van der Waals surface area contributed by atoms with Crippen molar-refractivity contribution in [3.63, 3.8) is 0 Å². The first-order valence-electron chi connectivity index (χ1n) is 4.99. The third-order valence-electron chi connectivity index (χ3n) is 2.33. The van der Waals surface area contributed by atoms with Crippen LogP contribution in [0.1, 0.15) is 12.0 Å². The van der Waals surface area contributed by atoms with E-state index in [-0.39, 0.29) is 18.1 Å². The Morgan fingerprint density at radius 2 is 2.19 bits per heavy atom. The van der Waals surface area contributed by atoms with Gasteiger partial charge in [-0.1, -0.05) is 18.2 Å². The lowest BCUT2D eigenvalue weighted by Gasteiger charge is -2.15. The molecule has 0 radical (unpaired) electrons. The van der Waals surface area contributed by atoms with E-state index in [1.165, 1.54) is 11.0 Å². The number of rotatable bonds is 4. The smallest absolute Gasteiger partial charge is 0.236 e. The average molecular weight is 220 g/mol. The Morgan fingerprint density at radius 1 is 1.50 bits per heavy atom. The molecule has 3 nitrogen and oxygen atoms in total. The van der Waals surface area contributed by atoms with Crippen molar-refractivity contribution in [3.05, 3.63) is 35.6 Å². The van der Waals surface area contributed by atoms with E-state index in [1.54, 1.807) is 31.3 Å². The second-order valence-corrected chi connectivity index (χ2v) is 3.49. The topological polar surface area (TPSA) is 44.1 Å². The Hall–Kier alpha value is -1.89. The minimum absolute atomic E-state index is 0.131. The fraction of sp³-hybridized carbons (Fsp3) is 0.333. The van der Waals surface area contributed by atoms with E-state index in [9.17, 15) is 9.18 Å². The van der Waals surface area contributed by atoms with Crippen molar-refractivity contribution in [2.75, 3.05) is 13.6 Å². The summed E-state index contributed by atoms with van der Waals surface area (Å²) in [6.07, 6.45) is 0.327. The van der Waals surface area contributed by atoms with Crippen molar-refractivity contribution < 1.29 is 9.18 Å². The average Bonchev–Trinajstić information content (AvgIpc) is 2.28. The van der Waals surface area contributed by atoms with Crippen molar-refractivity contribution >= 4 is 5.91 Å². The molecule has 16 heavy (non-hydrogen) atoms. The lowest BCUT2D eigenvalue weighted by atomic mass is 10.1. The summed E-state index contributed by atoms with van der Waals surface area (Å²) in [5.41, 5.74) is 0.583. The number of halogens is 1. The minimum Gasteiger partial charge on any atom is -0.345 e. The molecule has 0 bridgehead atoms. The summed E-state index contributed by atoms with van der Waals surface area (Å²) in [5, 5.41) is 8.36. The summed E-state index contributed by atoms with van der Waals surface area (Å²) in [5.74, 6) is -0.498. The first-order valence-corrected chi connectivity index (χ1v) is 4.99. The van der Waals surface area contributed by atoms with Gasteiger partial charge in [0.1, 0.15) is 12.2 Å². The van der Waals surface area contributed by atoms with Crippen LogP contribution in [0.3, 0.4) is 0 Å². The Kier molecular flexibility index (Phi) is 4.46. The zero-order valence-corrected chi connectivity index (χ0v) is 9.11. The molecule has 0 aliphatic rings. The number of hydrogen-bond donors (Lipinski definition) is 0. The van der Waals surface area contributed by atoms with Gasteiger partial charge in [0.05, 0.1) is 6.07 Å². The molecule has 0 aromatic heterocycles. The van der Waals surface area contributed by atoms with Crippen LogP contribution in [0.15, 0.2) is 24.3 Å². The normalized spacial score (nSPS) is 9.56. The van der Waals surface area contributed by atoms with Crippen molar-refractivity contribution in [2.24, 2.45) is 0 Å². The van der Waals surface area contributed by atoms with E-state index < -0.39 is 0 Å². The molecule has 0 fully saturated rings. The van der Waals surface area contributed by atoms with Crippen molar-refractivity contribution in [1.29, 1.82) is 5.26 Å². The van der Waals surface area contributed by atoms with Gasteiger partial charge in [-0.3, -0.25) is 4.79 Å². The fourth-order valence-corrected chi connectivity index (χ4v) is 1.32. The van der Waals surface area contributed by atoms with Crippen LogP contribution in [0.2, 0.25) is 0 Å². The van der Waals surface area contributed by atoms with E-state index in [1.807, 2.05) is 0 Å². The summed E-state index contributed by atoms with van der Waals surface area (Å²) < 4.78 is 13.2. The van der Waals surface area contributed by atoms with Crippen molar-refractivity contribution in [1.82, 2.24) is 4.90 Å². The van der Waals surface area contributed by atoms with E-state index in [0.717, 1.165) is 0 Å². The molecule has 1 aromatic carbocycles. The molecule has 0 saturated heterocycles. The summed E-state index contributed by atoms with van der Waals surface area (Å²) in [6.45, 7) is 0.418. The maximum Gasteiger partial charge on any atom is 0.236 e. The van der Waals surface area contributed by atoms with Crippen LogP contribution in [0.5, 0.6) is 0 Å². The molecule has 0 N–H and O–H groups in total. The maximum absolute atomic E-state index is 13.2. The number of carbonyl (C=O) groups is 1. The van der Waals surface area contributed by atoms with Gasteiger partial charge < -0.3 is 4.90 Å². The number of likely N-dealkylation sites (N-methyl/N-ethyl adjacent to an activating group) is 1. The van der Waals surface area contributed by atoms with Crippen LogP contribution in [-0.2, 0) is 11.2 Å². The van der Waals surface area contributed by atoms with Crippen LogP contribution >= 0.6 is 0 Å². The highest BCUT2D eigenvalue weighted by Crippen LogP contribution is 2.07. The largest absolute Gasteiger partial charge is 0.345 e. The Morgan fingerprint density at radius 3 is 2.81 bits per heavy atom. The number of amides is 1. The lowest BCUT2D eigenvalue weighted by Crippen LogP contribution is -2.28. The van der Waals surface area contributed by atoms with Crippen LogP contribution in [-0.4, -0.2) is 24.4 Å². The minimum atomic E-state index is -0.261. The van der Waals surface area contributed by atoms with Gasteiger partial charge in [0.2, 0.25) is 5.91 Å². The van der Waals surface area contributed by atoms with E-state index in [0.29, 0.717) is 18.5 Å². The summed E-state index contributed by atoms with van der Waals surface area (Å²) in [4.78, 5) is 12.7. The zero-order valence-electron chi connectivity index (χ0n) is 9.11. The van der Waals surface area contributed by atoms with E-state index in [2.05, 4.69) is 0 Å². The highest BCUT2D eigenvalue weighted by Gasteiger charge is 2.08. The van der Waals surface area contributed by atoms with Gasteiger partial charge in [0, 0.05) is 13.6 Å². The van der Waals surface area contributed by atoms with Gasteiger partial charge in [-0.15, -0.1) is 0 Å². The van der Waals surface area contributed by atoms with Gasteiger partial charge in [0.25, 0.3) is 0 Å². The predicted molar refractivity (Wildman–Crippen MR) is 58.0 cm³/mol. The van der Waals surface area contributed by atoms with E-state index >= 15 is 0 Å². The van der Waals surface area contributed by atoms with Gasteiger partial charge in [-0.2, -0.15) is 5.26 Å². The van der Waals surface area contributed by atoms with Gasteiger partial charge in [-0.25, -0.2) is 4.39 Å². The number of nitriles is 1. The van der Waals surface area contributed by atoms with Gasteiger partial charge >= 0.3 is 0 Å².